The summed E-state index contributed by atoms with van der Waals surface area (Å²) in [6.45, 7) is 3.44. The number of aromatic nitrogens is 1. The van der Waals surface area contributed by atoms with Crippen LogP contribution in [0, 0.1) is 0 Å². The monoisotopic (exact) mass is 362 g/mol. The molecule has 1 aliphatic heterocycles. The summed E-state index contributed by atoms with van der Waals surface area (Å²) in [4.78, 5) is 9.44. The molecule has 3 rings (SSSR count). The highest BCUT2D eigenvalue weighted by Crippen LogP contribution is 2.35. The molecular weight excluding hydrogens is 344 g/mol. The number of phenols is 1. The summed E-state index contributed by atoms with van der Waals surface area (Å²) in [5, 5.41) is 13.4. The minimum atomic E-state index is -3.34. The number of hydrogen-bond acceptors (Lipinski definition) is 7. The van der Waals surface area contributed by atoms with E-state index in [0.29, 0.717) is 18.1 Å². The first-order valence-electron chi connectivity index (χ1n) is 7.74. The Bertz CT molecular complexity index is 892. The third kappa shape index (κ3) is 3.58. The first kappa shape index (κ1) is 17.2. The minimum Gasteiger partial charge on any atom is -0.508 e. The molecule has 1 aromatic carbocycles. The van der Waals surface area contributed by atoms with Crippen molar-refractivity contribution in [2.45, 2.75) is 30.9 Å². The van der Waals surface area contributed by atoms with Crippen molar-refractivity contribution in [1.82, 2.24) is 4.98 Å². The molecule has 2 aromatic rings. The van der Waals surface area contributed by atoms with Gasteiger partial charge in [-0.15, -0.1) is 0 Å². The molecule has 1 atom stereocenters. The molecule has 0 fully saturated rings. The number of oxime groups is 1. The van der Waals surface area contributed by atoms with Crippen molar-refractivity contribution in [2.24, 2.45) is 5.16 Å². The van der Waals surface area contributed by atoms with Gasteiger partial charge >= 0.3 is 0 Å². The predicted molar refractivity (Wildman–Crippen MR) is 91.2 cm³/mol. The second-order valence-corrected chi connectivity index (χ2v) is 8.09. The van der Waals surface area contributed by atoms with Crippen molar-refractivity contribution in [3.8, 4) is 11.5 Å². The second kappa shape index (κ2) is 6.36. The number of sulfone groups is 1. The summed E-state index contributed by atoms with van der Waals surface area (Å²) < 4.78 is 29.2. The van der Waals surface area contributed by atoms with Crippen molar-refractivity contribution in [1.29, 1.82) is 0 Å². The fourth-order valence-electron chi connectivity index (χ4n) is 2.42. The summed E-state index contributed by atoms with van der Waals surface area (Å²) in [5.41, 5.74) is 0.164. The topological polar surface area (TPSA) is 98.1 Å². The van der Waals surface area contributed by atoms with E-state index in [0.717, 1.165) is 5.56 Å². The van der Waals surface area contributed by atoms with Crippen molar-refractivity contribution in [3.63, 3.8) is 0 Å². The maximum absolute atomic E-state index is 11.8. The van der Waals surface area contributed by atoms with Gasteiger partial charge in [-0.3, -0.25) is 0 Å². The third-order valence-corrected chi connectivity index (χ3v) is 5.60. The molecule has 1 N–H and O–H groups in total. The first-order chi connectivity index (χ1) is 11.8. The number of rotatable bonds is 4. The quantitative estimate of drug-likeness (QED) is 0.898. The van der Waals surface area contributed by atoms with Gasteiger partial charge < -0.3 is 14.7 Å². The second-order valence-electron chi connectivity index (χ2n) is 5.87. The molecule has 132 valence electrons. The van der Waals surface area contributed by atoms with E-state index in [4.69, 9.17) is 9.57 Å². The van der Waals surface area contributed by atoms with Gasteiger partial charge in [-0.25, -0.2) is 13.4 Å². The lowest BCUT2D eigenvalue weighted by atomic mass is 9.93. The fraction of sp³-hybridized carbons (Fsp3) is 0.294. The van der Waals surface area contributed by atoms with E-state index in [2.05, 4.69) is 10.1 Å². The highest BCUT2D eigenvalue weighted by Gasteiger charge is 2.37. The number of benzene rings is 1. The Kier molecular flexibility index (Phi) is 4.38. The SMILES string of the molecule is CCS(=O)(=O)c1ccc(OC2=NO[C@](C)(c3ccc(O)cc3)C2)cn1. The van der Waals surface area contributed by atoms with Gasteiger partial charge in [0.05, 0.1) is 18.4 Å². The Morgan fingerprint density at radius 1 is 1.24 bits per heavy atom. The molecule has 0 saturated heterocycles. The molecule has 8 heteroatoms. The fourth-order valence-corrected chi connectivity index (χ4v) is 3.21. The Morgan fingerprint density at radius 2 is 1.96 bits per heavy atom. The van der Waals surface area contributed by atoms with Crippen LogP contribution in [0.5, 0.6) is 11.5 Å². The Morgan fingerprint density at radius 3 is 2.56 bits per heavy atom. The van der Waals surface area contributed by atoms with Crippen LogP contribution in [0.2, 0.25) is 0 Å². The van der Waals surface area contributed by atoms with Crippen LogP contribution >= 0.6 is 0 Å². The van der Waals surface area contributed by atoms with Crippen LogP contribution in [0.15, 0.2) is 52.8 Å². The number of phenolic OH excluding ortho intramolecular Hbond substituents is 1. The zero-order valence-corrected chi connectivity index (χ0v) is 14.7. The van der Waals surface area contributed by atoms with E-state index in [9.17, 15) is 13.5 Å². The summed E-state index contributed by atoms with van der Waals surface area (Å²) in [5.74, 6) is 0.915. The van der Waals surface area contributed by atoms with Crippen LogP contribution in [0.3, 0.4) is 0 Å². The van der Waals surface area contributed by atoms with Crippen LogP contribution in [0.25, 0.3) is 0 Å². The molecule has 1 aromatic heterocycles. The highest BCUT2D eigenvalue weighted by atomic mass is 32.2. The summed E-state index contributed by atoms with van der Waals surface area (Å²) >= 11 is 0. The Balaban J connectivity index is 1.70. The predicted octanol–water partition coefficient (Wildman–Crippen LogP) is 2.61. The van der Waals surface area contributed by atoms with E-state index >= 15 is 0 Å². The van der Waals surface area contributed by atoms with Crippen molar-refractivity contribution < 1.29 is 23.1 Å². The van der Waals surface area contributed by atoms with E-state index in [1.54, 1.807) is 31.2 Å². The van der Waals surface area contributed by atoms with Gasteiger partial charge in [0, 0.05) is 0 Å². The molecule has 0 unspecified atom stereocenters. The number of pyridine rings is 1. The molecule has 0 radical (unpaired) electrons. The van der Waals surface area contributed by atoms with Gasteiger partial charge in [-0.1, -0.05) is 24.2 Å². The molecule has 0 saturated carbocycles. The molecule has 0 spiro atoms. The average Bonchev–Trinajstić information content (AvgIpc) is 2.98. The van der Waals surface area contributed by atoms with Crippen LogP contribution in [-0.4, -0.2) is 30.2 Å². The lowest BCUT2D eigenvalue weighted by Gasteiger charge is -2.21. The number of hydrogen-bond donors (Lipinski definition) is 1. The number of aromatic hydroxyl groups is 1. The van der Waals surface area contributed by atoms with Crippen molar-refractivity contribution in [3.05, 3.63) is 48.2 Å². The van der Waals surface area contributed by atoms with Gasteiger partial charge in [0.2, 0.25) is 5.90 Å². The van der Waals surface area contributed by atoms with E-state index < -0.39 is 15.4 Å². The first-order valence-corrected chi connectivity index (χ1v) is 9.39. The zero-order valence-electron chi connectivity index (χ0n) is 13.8. The molecule has 0 amide bonds. The third-order valence-electron chi connectivity index (χ3n) is 3.96. The van der Waals surface area contributed by atoms with Crippen LogP contribution in [0.4, 0.5) is 0 Å². The van der Waals surface area contributed by atoms with E-state index in [-0.39, 0.29) is 16.5 Å². The molecule has 25 heavy (non-hydrogen) atoms. The standard InChI is InChI=1S/C17H18N2O5S/c1-3-25(21,22)16-9-8-14(11-18-16)23-15-10-17(2,24-19-15)12-4-6-13(20)7-5-12/h4-9,11,20H,3,10H2,1-2H3/t17-/m0/s1. The maximum Gasteiger partial charge on any atom is 0.235 e. The van der Waals surface area contributed by atoms with Crippen LogP contribution < -0.4 is 4.74 Å². The molecule has 2 heterocycles. The van der Waals surface area contributed by atoms with E-state index in [1.165, 1.54) is 18.3 Å². The van der Waals surface area contributed by atoms with Gasteiger partial charge in [0.1, 0.15) is 11.5 Å². The Labute approximate surface area is 145 Å². The summed E-state index contributed by atoms with van der Waals surface area (Å²) in [6.07, 6.45) is 1.74. The number of ether oxygens (including phenoxy) is 1. The Hall–Kier alpha value is -2.61. The normalized spacial score (nSPS) is 20.0. The smallest absolute Gasteiger partial charge is 0.235 e. The highest BCUT2D eigenvalue weighted by molar-refractivity contribution is 7.91. The largest absolute Gasteiger partial charge is 0.508 e. The average molecular weight is 362 g/mol. The number of nitrogens with zero attached hydrogens (tertiary/aromatic N) is 2. The molecular formula is C17H18N2O5S. The maximum atomic E-state index is 11.8. The van der Waals surface area contributed by atoms with Gasteiger partial charge in [0.15, 0.2) is 20.5 Å². The lowest BCUT2D eigenvalue weighted by molar-refractivity contribution is -0.00742. The van der Waals surface area contributed by atoms with Gasteiger partial charge in [-0.2, -0.15) is 0 Å². The minimum absolute atomic E-state index is 0.00820. The molecule has 7 nitrogen and oxygen atoms in total. The van der Waals surface area contributed by atoms with E-state index in [1.807, 2.05) is 6.92 Å². The molecule has 0 aliphatic carbocycles. The summed E-state index contributed by atoms with van der Waals surface area (Å²) in [6, 6.07) is 9.64. The molecule has 1 aliphatic rings. The van der Waals surface area contributed by atoms with Gasteiger partial charge in [-0.05, 0) is 36.8 Å². The lowest BCUT2D eigenvalue weighted by Crippen LogP contribution is -2.23. The van der Waals surface area contributed by atoms with Gasteiger partial charge in [0.25, 0.3) is 0 Å². The van der Waals surface area contributed by atoms with Crippen LogP contribution in [0.1, 0.15) is 25.8 Å². The molecule has 0 bridgehead atoms. The van der Waals surface area contributed by atoms with Crippen molar-refractivity contribution in [2.75, 3.05) is 5.75 Å². The summed E-state index contributed by atoms with van der Waals surface area (Å²) in [7, 11) is -3.34. The zero-order chi connectivity index (χ0) is 18.1. The van der Waals surface area contributed by atoms with Crippen molar-refractivity contribution >= 4 is 15.7 Å². The van der Waals surface area contributed by atoms with Crippen LogP contribution in [-0.2, 0) is 20.3 Å².